The first-order chi connectivity index (χ1) is 10.6. The van der Waals surface area contributed by atoms with Gasteiger partial charge in [0.25, 0.3) is 5.91 Å². The number of aryl methyl sites for hydroxylation is 1. The lowest BCUT2D eigenvalue weighted by Crippen LogP contribution is -2.57. The molecule has 1 saturated heterocycles. The van der Waals surface area contributed by atoms with Gasteiger partial charge in [-0.25, -0.2) is 4.68 Å². The van der Waals surface area contributed by atoms with Crippen molar-refractivity contribution in [2.45, 2.75) is 32.9 Å². The lowest BCUT2D eigenvalue weighted by molar-refractivity contribution is 0.0597. The van der Waals surface area contributed by atoms with Crippen molar-refractivity contribution in [1.29, 1.82) is 0 Å². The normalized spacial score (nSPS) is 21.9. The van der Waals surface area contributed by atoms with Crippen molar-refractivity contribution in [2.24, 2.45) is 0 Å². The van der Waals surface area contributed by atoms with Gasteiger partial charge in [-0.1, -0.05) is 17.3 Å². The van der Waals surface area contributed by atoms with Crippen LogP contribution in [0.15, 0.2) is 30.5 Å². The van der Waals surface area contributed by atoms with Gasteiger partial charge in [0, 0.05) is 25.2 Å². The maximum atomic E-state index is 12.6. The van der Waals surface area contributed by atoms with Gasteiger partial charge >= 0.3 is 0 Å². The Kier molecular flexibility index (Phi) is 3.94. The van der Waals surface area contributed by atoms with Crippen molar-refractivity contribution in [3.05, 3.63) is 41.7 Å². The minimum atomic E-state index is -0.0558. The summed E-state index contributed by atoms with van der Waals surface area (Å²) in [4.78, 5) is 14.5. The van der Waals surface area contributed by atoms with E-state index in [2.05, 4.69) is 29.5 Å². The standard InChI is InChI=1S/C16H21N5O/c1-11-5-4-6-14(9-11)21-10-15(18-19-21)16(22)20-8-7-17-12(2)13(20)3/h4-6,9-10,12-13,17H,7-8H2,1-3H3. The first-order valence-electron chi connectivity index (χ1n) is 7.60. The highest BCUT2D eigenvalue weighted by Gasteiger charge is 2.30. The van der Waals surface area contributed by atoms with Crippen LogP contribution in [0.3, 0.4) is 0 Å². The molecule has 0 bridgehead atoms. The number of carbonyl (C=O) groups is 1. The Bertz CT molecular complexity index is 681. The summed E-state index contributed by atoms with van der Waals surface area (Å²) in [7, 11) is 0. The molecule has 2 aromatic rings. The van der Waals surface area contributed by atoms with E-state index in [0.717, 1.165) is 17.8 Å². The van der Waals surface area contributed by atoms with Gasteiger partial charge in [-0.2, -0.15) is 0 Å². The first kappa shape index (κ1) is 14.7. The SMILES string of the molecule is Cc1cccc(-n2cc(C(=O)N3CCNC(C)C3C)nn2)c1. The van der Waals surface area contributed by atoms with Crippen molar-refractivity contribution in [1.82, 2.24) is 25.2 Å². The van der Waals surface area contributed by atoms with Crippen LogP contribution in [0.2, 0.25) is 0 Å². The van der Waals surface area contributed by atoms with E-state index in [4.69, 9.17) is 0 Å². The maximum Gasteiger partial charge on any atom is 0.276 e. The van der Waals surface area contributed by atoms with Crippen LogP contribution in [0.25, 0.3) is 5.69 Å². The number of aromatic nitrogens is 3. The maximum absolute atomic E-state index is 12.6. The zero-order chi connectivity index (χ0) is 15.7. The number of benzene rings is 1. The van der Waals surface area contributed by atoms with Crippen LogP contribution in [0.4, 0.5) is 0 Å². The van der Waals surface area contributed by atoms with Crippen LogP contribution in [-0.4, -0.2) is 51.0 Å². The summed E-state index contributed by atoms with van der Waals surface area (Å²) in [5, 5.41) is 11.5. The van der Waals surface area contributed by atoms with Crippen molar-refractivity contribution < 1.29 is 4.79 Å². The van der Waals surface area contributed by atoms with Crippen LogP contribution in [0, 0.1) is 6.92 Å². The van der Waals surface area contributed by atoms with Gasteiger partial charge in [-0.15, -0.1) is 5.10 Å². The van der Waals surface area contributed by atoms with Crippen molar-refractivity contribution in [2.75, 3.05) is 13.1 Å². The van der Waals surface area contributed by atoms with Crippen LogP contribution < -0.4 is 5.32 Å². The number of piperazine rings is 1. The molecule has 1 aromatic heterocycles. The van der Waals surface area contributed by atoms with Gasteiger partial charge in [0.1, 0.15) is 0 Å². The summed E-state index contributed by atoms with van der Waals surface area (Å²) in [6, 6.07) is 8.38. The summed E-state index contributed by atoms with van der Waals surface area (Å²) in [5.41, 5.74) is 2.45. The Morgan fingerprint density at radius 2 is 2.18 bits per heavy atom. The molecule has 116 valence electrons. The lowest BCUT2D eigenvalue weighted by atomic mass is 10.1. The fourth-order valence-electron chi connectivity index (χ4n) is 2.75. The predicted octanol–water partition coefficient (Wildman–Crippen LogP) is 1.40. The van der Waals surface area contributed by atoms with Crippen LogP contribution in [-0.2, 0) is 0 Å². The van der Waals surface area contributed by atoms with Gasteiger partial charge in [-0.05, 0) is 38.5 Å². The van der Waals surface area contributed by atoms with Crippen LogP contribution in [0.1, 0.15) is 29.9 Å². The van der Waals surface area contributed by atoms with E-state index < -0.39 is 0 Å². The quantitative estimate of drug-likeness (QED) is 0.910. The average Bonchev–Trinajstić information content (AvgIpc) is 2.99. The van der Waals surface area contributed by atoms with E-state index >= 15 is 0 Å². The predicted molar refractivity (Wildman–Crippen MR) is 84.1 cm³/mol. The average molecular weight is 299 g/mol. The van der Waals surface area contributed by atoms with Crippen LogP contribution >= 0.6 is 0 Å². The highest BCUT2D eigenvalue weighted by Crippen LogP contribution is 2.14. The number of amides is 1. The molecule has 22 heavy (non-hydrogen) atoms. The van der Waals surface area contributed by atoms with Crippen molar-refractivity contribution >= 4 is 5.91 Å². The Hall–Kier alpha value is -2.21. The molecule has 3 rings (SSSR count). The molecule has 2 unspecified atom stereocenters. The largest absolute Gasteiger partial charge is 0.332 e. The van der Waals surface area contributed by atoms with E-state index in [9.17, 15) is 4.79 Å². The van der Waals surface area contributed by atoms with Gasteiger partial charge < -0.3 is 10.2 Å². The molecule has 1 amide bonds. The third kappa shape index (κ3) is 2.74. The summed E-state index contributed by atoms with van der Waals surface area (Å²) >= 11 is 0. The number of hydrogen-bond acceptors (Lipinski definition) is 4. The second-order valence-corrected chi connectivity index (χ2v) is 5.87. The van der Waals surface area contributed by atoms with Crippen LogP contribution in [0.5, 0.6) is 0 Å². The molecule has 1 aliphatic heterocycles. The summed E-state index contributed by atoms with van der Waals surface area (Å²) < 4.78 is 1.65. The van der Waals surface area contributed by atoms with E-state index in [1.54, 1.807) is 10.9 Å². The van der Waals surface area contributed by atoms with E-state index in [-0.39, 0.29) is 18.0 Å². The number of hydrogen-bond donors (Lipinski definition) is 1. The molecule has 1 aliphatic rings. The van der Waals surface area contributed by atoms with E-state index in [0.29, 0.717) is 12.2 Å². The number of carbonyl (C=O) groups excluding carboxylic acids is 1. The smallest absolute Gasteiger partial charge is 0.276 e. The summed E-state index contributed by atoms with van der Waals surface area (Å²) in [6.07, 6.45) is 1.70. The van der Waals surface area contributed by atoms with Gasteiger partial charge in [0.05, 0.1) is 11.9 Å². The minimum Gasteiger partial charge on any atom is -0.332 e. The summed E-state index contributed by atoms with van der Waals surface area (Å²) in [5.74, 6) is -0.0558. The van der Waals surface area contributed by atoms with E-state index in [1.165, 1.54) is 0 Å². The van der Waals surface area contributed by atoms with E-state index in [1.807, 2.05) is 36.1 Å². The highest BCUT2D eigenvalue weighted by molar-refractivity contribution is 5.92. The van der Waals surface area contributed by atoms with Crippen molar-refractivity contribution in [3.63, 3.8) is 0 Å². The minimum absolute atomic E-state index is 0.0558. The molecule has 1 fully saturated rings. The molecule has 1 aromatic carbocycles. The molecule has 1 N–H and O–H groups in total. The zero-order valence-electron chi connectivity index (χ0n) is 13.2. The van der Waals surface area contributed by atoms with Crippen molar-refractivity contribution in [3.8, 4) is 5.69 Å². The lowest BCUT2D eigenvalue weighted by Gasteiger charge is -2.38. The molecule has 6 nitrogen and oxygen atoms in total. The van der Waals surface area contributed by atoms with Gasteiger partial charge in [0.15, 0.2) is 5.69 Å². The second kappa shape index (κ2) is 5.88. The fourth-order valence-corrected chi connectivity index (χ4v) is 2.75. The molecule has 0 spiro atoms. The monoisotopic (exact) mass is 299 g/mol. The molecule has 0 aliphatic carbocycles. The Morgan fingerprint density at radius 1 is 1.36 bits per heavy atom. The molecule has 2 heterocycles. The highest BCUT2D eigenvalue weighted by atomic mass is 16.2. The molecular formula is C16H21N5O. The Balaban J connectivity index is 1.83. The third-order valence-corrected chi connectivity index (χ3v) is 4.27. The molecule has 0 saturated carbocycles. The molecule has 6 heteroatoms. The second-order valence-electron chi connectivity index (χ2n) is 5.87. The summed E-state index contributed by atoms with van der Waals surface area (Å²) in [6.45, 7) is 7.68. The Labute approximate surface area is 130 Å². The topological polar surface area (TPSA) is 63.1 Å². The van der Waals surface area contributed by atoms with Gasteiger partial charge in [0.2, 0.25) is 0 Å². The molecule has 2 atom stereocenters. The first-order valence-corrected chi connectivity index (χ1v) is 7.60. The molecular weight excluding hydrogens is 278 g/mol. The molecule has 0 radical (unpaired) electrons. The number of rotatable bonds is 2. The number of nitrogens with one attached hydrogen (secondary N) is 1. The number of nitrogens with zero attached hydrogens (tertiary/aromatic N) is 4. The zero-order valence-corrected chi connectivity index (χ0v) is 13.2. The van der Waals surface area contributed by atoms with Gasteiger partial charge in [-0.3, -0.25) is 4.79 Å². The Morgan fingerprint density at radius 3 is 2.95 bits per heavy atom. The third-order valence-electron chi connectivity index (χ3n) is 4.27. The fraction of sp³-hybridized carbons (Fsp3) is 0.438.